The molecule has 2 amide bonds. The molecule has 0 heterocycles. The Balaban J connectivity index is 1.72. The molecule has 0 aliphatic carbocycles. The van der Waals surface area contributed by atoms with Crippen molar-refractivity contribution in [1.29, 1.82) is 0 Å². The molecule has 8 N–H and O–H groups in total. The van der Waals surface area contributed by atoms with E-state index in [0.717, 1.165) is 0 Å². The number of aliphatic hydroxyl groups is 2. The zero-order valence-corrected chi connectivity index (χ0v) is 17.1. The molecule has 30 heavy (non-hydrogen) atoms. The van der Waals surface area contributed by atoms with E-state index in [2.05, 4.69) is 32.3 Å². The van der Waals surface area contributed by atoms with Crippen LogP contribution < -0.4 is 32.3 Å². The molecule has 2 rings (SSSR count). The molecule has 12 heteroatoms. The maximum absolute atomic E-state index is 11.9. The van der Waals surface area contributed by atoms with Crippen molar-refractivity contribution in [2.24, 2.45) is 0 Å². The summed E-state index contributed by atoms with van der Waals surface area (Å²) < 4.78 is 0. The number of carbonyl (C=O) groups excluding carboxylic acids is 2. The van der Waals surface area contributed by atoms with Gasteiger partial charge >= 0.3 is 0 Å². The van der Waals surface area contributed by atoms with Crippen molar-refractivity contribution < 1.29 is 19.8 Å². The Labute approximate surface area is 183 Å². The molecule has 0 aromatic heterocycles. The van der Waals surface area contributed by atoms with Crippen molar-refractivity contribution >= 4 is 57.8 Å². The number of rotatable bonds is 5. The summed E-state index contributed by atoms with van der Waals surface area (Å²) in [5.41, 5.74) is 10.3. The van der Waals surface area contributed by atoms with Gasteiger partial charge in [0.25, 0.3) is 11.8 Å². The van der Waals surface area contributed by atoms with Gasteiger partial charge in [-0.2, -0.15) is 0 Å². The number of benzene rings is 2. The SMILES string of the molecule is O=C(NNC(=S)Nc1ccccc1)[C@H](O)[C@@H](O)C(=O)NNC(=S)Nc1ccccc1. The van der Waals surface area contributed by atoms with Gasteiger partial charge in [0, 0.05) is 11.4 Å². The second-order valence-electron chi connectivity index (χ2n) is 5.76. The first-order valence-corrected chi connectivity index (χ1v) is 9.38. The summed E-state index contributed by atoms with van der Waals surface area (Å²) in [7, 11) is 0. The molecule has 0 unspecified atom stereocenters. The Morgan fingerprint density at radius 1 is 0.633 bits per heavy atom. The average Bonchev–Trinajstić information content (AvgIpc) is 2.76. The van der Waals surface area contributed by atoms with E-state index in [0.29, 0.717) is 11.4 Å². The molecule has 0 fully saturated rings. The van der Waals surface area contributed by atoms with Crippen LogP contribution in [0.25, 0.3) is 0 Å². The van der Waals surface area contributed by atoms with Gasteiger partial charge in [0.2, 0.25) is 0 Å². The summed E-state index contributed by atoms with van der Waals surface area (Å²) in [6, 6.07) is 17.8. The van der Waals surface area contributed by atoms with Crippen LogP contribution in [0.3, 0.4) is 0 Å². The number of para-hydroxylation sites is 2. The van der Waals surface area contributed by atoms with Gasteiger partial charge in [-0.05, 0) is 48.7 Å². The van der Waals surface area contributed by atoms with E-state index < -0.39 is 24.0 Å². The van der Waals surface area contributed by atoms with Crippen LogP contribution in [0.1, 0.15) is 0 Å². The highest BCUT2D eigenvalue weighted by Gasteiger charge is 2.30. The predicted octanol–water partition coefficient (Wildman–Crippen LogP) is -0.256. The van der Waals surface area contributed by atoms with Gasteiger partial charge < -0.3 is 20.8 Å². The Bertz CT molecular complexity index is 811. The fourth-order valence-electron chi connectivity index (χ4n) is 2.04. The number of hydrazine groups is 2. The summed E-state index contributed by atoms with van der Waals surface area (Å²) in [5, 5.41) is 25.4. The molecular weight excluding hydrogens is 428 g/mol. The third-order valence-electron chi connectivity index (χ3n) is 3.50. The Morgan fingerprint density at radius 3 is 1.30 bits per heavy atom. The van der Waals surface area contributed by atoms with Crippen molar-refractivity contribution in [3.63, 3.8) is 0 Å². The van der Waals surface area contributed by atoms with Crippen LogP contribution in [0.4, 0.5) is 11.4 Å². The van der Waals surface area contributed by atoms with Gasteiger partial charge in [0.05, 0.1) is 0 Å². The summed E-state index contributed by atoms with van der Waals surface area (Å²) in [6.45, 7) is 0. The predicted molar refractivity (Wildman–Crippen MR) is 120 cm³/mol. The number of nitrogens with one attached hydrogen (secondary N) is 6. The van der Waals surface area contributed by atoms with Crippen LogP contribution in [0.2, 0.25) is 0 Å². The van der Waals surface area contributed by atoms with Gasteiger partial charge in [-0.3, -0.25) is 31.3 Å². The first-order chi connectivity index (χ1) is 14.4. The lowest BCUT2D eigenvalue weighted by Crippen LogP contribution is -2.56. The molecule has 0 aliphatic rings. The van der Waals surface area contributed by atoms with E-state index in [9.17, 15) is 19.8 Å². The van der Waals surface area contributed by atoms with Crippen LogP contribution in [0.5, 0.6) is 0 Å². The van der Waals surface area contributed by atoms with E-state index in [1.54, 1.807) is 48.5 Å². The number of carbonyl (C=O) groups is 2. The molecule has 158 valence electrons. The quantitative estimate of drug-likeness (QED) is 0.227. The lowest BCUT2D eigenvalue weighted by Gasteiger charge is -2.19. The van der Waals surface area contributed by atoms with Gasteiger partial charge in [-0.1, -0.05) is 36.4 Å². The molecule has 0 saturated heterocycles. The van der Waals surface area contributed by atoms with Crippen molar-refractivity contribution in [3.05, 3.63) is 60.7 Å². The highest BCUT2D eigenvalue weighted by atomic mass is 32.1. The largest absolute Gasteiger partial charge is 0.380 e. The molecule has 2 aromatic rings. The van der Waals surface area contributed by atoms with Crippen LogP contribution >= 0.6 is 24.4 Å². The molecule has 0 radical (unpaired) electrons. The fraction of sp³-hybridized carbons (Fsp3) is 0.111. The number of hydrogen-bond acceptors (Lipinski definition) is 6. The molecular formula is C18H20N6O4S2. The van der Waals surface area contributed by atoms with Gasteiger partial charge in [-0.15, -0.1) is 0 Å². The van der Waals surface area contributed by atoms with E-state index in [-0.39, 0.29) is 10.2 Å². The standard InChI is InChI=1S/C18H20N6O4S2/c25-13(15(27)21-23-17(29)19-11-7-3-1-4-8-11)14(26)16(28)22-24-18(30)20-12-9-5-2-6-10-12/h1-10,13-14,25-26H,(H,21,27)(H,22,28)(H2,19,23,29)(H2,20,24,30)/t13-,14-/m1/s1. The summed E-state index contributed by atoms with van der Waals surface area (Å²) in [5.74, 6) is -2.14. The highest BCUT2D eigenvalue weighted by molar-refractivity contribution is 7.80. The van der Waals surface area contributed by atoms with E-state index >= 15 is 0 Å². The van der Waals surface area contributed by atoms with Crippen molar-refractivity contribution in [2.45, 2.75) is 12.2 Å². The third-order valence-corrected chi connectivity index (χ3v) is 3.91. The molecule has 2 atom stereocenters. The zero-order chi connectivity index (χ0) is 21.9. The van der Waals surface area contributed by atoms with Crippen molar-refractivity contribution in [3.8, 4) is 0 Å². The van der Waals surface area contributed by atoms with Crippen LogP contribution in [0, 0.1) is 0 Å². The summed E-state index contributed by atoms with van der Waals surface area (Å²) >= 11 is 9.98. The van der Waals surface area contributed by atoms with Gasteiger partial charge in [-0.25, -0.2) is 0 Å². The van der Waals surface area contributed by atoms with Crippen LogP contribution in [-0.4, -0.2) is 44.5 Å². The molecule has 0 bridgehead atoms. The normalized spacial score (nSPS) is 11.9. The fourth-order valence-corrected chi connectivity index (χ4v) is 2.38. The Morgan fingerprint density at radius 2 is 0.967 bits per heavy atom. The molecule has 10 nitrogen and oxygen atoms in total. The average molecular weight is 449 g/mol. The Hall–Kier alpha value is -3.32. The van der Waals surface area contributed by atoms with E-state index in [4.69, 9.17) is 24.4 Å². The second-order valence-corrected chi connectivity index (χ2v) is 6.57. The number of aliphatic hydroxyl groups excluding tert-OH is 2. The van der Waals surface area contributed by atoms with E-state index in [1.165, 1.54) is 0 Å². The maximum atomic E-state index is 11.9. The third kappa shape index (κ3) is 7.60. The van der Waals surface area contributed by atoms with Gasteiger partial charge in [0.15, 0.2) is 22.4 Å². The maximum Gasteiger partial charge on any atom is 0.270 e. The van der Waals surface area contributed by atoms with Crippen LogP contribution in [0.15, 0.2) is 60.7 Å². The first kappa shape index (κ1) is 23.0. The molecule has 0 spiro atoms. The van der Waals surface area contributed by atoms with Crippen molar-refractivity contribution in [2.75, 3.05) is 10.6 Å². The minimum atomic E-state index is -2.06. The minimum Gasteiger partial charge on any atom is -0.380 e. The summed E-state index contributed by atoms with van der Waals surface area (Å²) in [6.07, 6.45) is -4.12. The molecule has 2 aromatic carbocycles. The van der Waals surface area contributed by atoms with Gasteiger partial charge in [0.1, 0.15) is 0 Å². The van der Waals surface area contributed by atoms with E-state index in [1.807, 2.05) is 12.1 Å². The first-order valence-electron chi connectivity index (χ1n) is 8.56. The smallest absolute Gasteiger partial charge is 0.270 e. The molecule has 0 saturated carbocycles. The monoisotopic (exact) mass is 448 g/mol. The van der Waals surface area contributed by atoms with Crippen LogP contribution in [-0.2, 0) is 9.59 Å². The minimum absolute atomic E-state index is 0.0414. The Kier molecular flexibility index (Phi) is 8.90. The zero-order valence-electron chi connectivity index (χ0n) is 15.5. The lowest BCUT2D eigenvalue weighted by molar-refractivity contribution is -0.146. The van der Waals surface area contributed by atoms with Crippen molar-refractivity contribution in [1.82, 2.24) is 21.7 Å². The number of thiocarbonyl (C=S) groups is 2. The number of hydrogen-bond donors (Lipinski definition) is 8. The second kappa shape index (κ2) is 11.6. The number of anilines is 2. The number of amides is 2. The topological polar surface area (TPSA) is 147 Å². The summed E-state index contributed by atoms with van der Waals surface area (Å²) in [4.78, 5) is 23.8. The lowest BCUT2D eigenvalue weighted by atomic mass is 10.2. The highest BCUT2D eigenvalue weighted by Crippen LogP contribution is 2.05. The molecule has 0 aliphatic heterocycles.